The van der Waals surface area contributed by atoms with Crippen LogP contribution in [-0.2, 0) is 14.8 Å². The van der Waals surface area contributed by atoms with Gasteiger partial charge in [-0.05, 0) is 25.0 Å². The molecule has 5 nitrogen and oxygen atoms in total. The molecule has 0 saturated carbocycles. The van der Waals surface area contributed by atoms with Crippen molar-refractivity contribution in [2.24, 2.45) is 0 Å². The summed E-state index contributed by atoms with van der Waals surface area (Å²) < 4.78 is 52.4. The van der Waals surface area contributed by atoms with Crippen molar-refractivity contribution < 1.29 is 27.1 Å². The molecule has 1 N–H and O–H groups in total. The van der Waals surface area contributed by atoms with Crippen LogP contribution in [0.25, 0.3) is 0 Å². The first-order chi connectivity index (χ1) is 9.84. The predicted molar refractivity (Wildman–Crippen MR) is 70.1 cm³/mol. The van der Waals surface area contributed by atoms with Gasteiger partial charge in [0, 0.05) is 12.6 Å². The molecule has 1 atom stereocenters. The molecular weight excluding hydrogens is 304 g/mol. The number of nitrogens with zero attached hydrogens (tertiary/aromatic N) is 1. The van der Waals surface area contributed by atoms with Gasteiger partial charge < -0.3 is 5.11 Å². The molecule has 0 aromatic heterocycles. The molecule has 1 heterocycles. The summed E-state index contributed by atoms with van der Waals surface area (Å²) >= 11 is 0. The minimum atomic E-state index is -4.32. The molecule has 1 aliphatic heterocycles. The van der Waals surface area contributed by atoms with Crippen LogP contribution >= 0.6 is 0 Å². The number of carboxylic acids is 1. The Hall–Kier alpha value is -1.54. The molecule has 8 heteroatoms. The minimum absolute atomic E-state index is 0.0100. The van der Waals surface area contributed by atoms with Crippen LogP contribution in [0.2, 0.25) is 0 Å². The van der Waals surface area contributed by atoms with Crippen LogP contribution in [0.3, 0.4) is 0 Å². The van der Waals surface area contributed by atoms with Crippen molar-refractivity contribution >= 4 is 16.0 Å². The number of halogens is 2. The van der Waals surface area contributed by atoms with Gasteiger partial charge in [-0.15, -0.1) is 0 Å². The van der Waals surface area contributed by atoms with Crippen LogP contribution in [0.4, 0.5) is 8.78 Å². The summed E-state index contributed by atoms with van der Waals surface area (Å²) in [4.78, 5) is 10.6. The molecule has 21 heavy (non-hydrogen) atoms. The SMILES string of the molecule is O=C(O)C1CCCCCN1S(=O)(=O)c1ccc(F)cc1F. The zero-order chi connectivity index (χ0) is 15.6. The third kappa shape index (κ3) is 3.21. The van der Waals surface area contributed by atoms with Crippen LogP contribution in [0, 0.1) is 11.6 Å². The van der Waals surface area contributed by atoms with Gasteiger partial charge in [-0.25, -0.2) is 17.2 Å². The summed E-state index contributed by atoms with van der Waals surface area (Å²) in [5, 5.41) is 9.20. The Bertz CT molecular complexity index is 648. The van der Waals surface area contributed by atoms with E-state index in [9.17, 15) is 27.1 Å². The molecule has 0 radical (unpaired) electrons. The summed E-state index contributed by atoms with van der Waals surface area (Å²) in [5.74, 6) is -3.37. The summed E-state index contributed by atoms with van der Waals surface area (Å²) in [6, 6.07) is 0.912. The Kier molecular flexibility index (Phi) is 4.58. The second-order valence-electron chi connectivity index (χ2n) is 4.89. The highest BCUT2D eigenvalue weighted by atomic mass is 32.2. The molecule has 2 rings (SSSR count). The van der Waals surface area contributed by atoms with E-state index in [-0.39, 0.29) is 13.0 Å². The Balaban J connectivity index is 2.46. The van der Waals surface area contributed by atoms with Crippen molar-refractivity contribution in [3.63, 3.8) is 0 Å². The summed E-state index contributed by atoms with van der Waals surface area (Å²) in [7, 11) is -4.32. The number of sulfonamides is 1. The van der Waals surface area contributed by atoms with Gasteiger partial charge >= 0.3 is 5.97 Å². The van der Waals surface area contributed by atoms with Crippen molar-refractivity contribution in [1.29, 1.82) is 0 Å². The normalized spacial score (nSPS) is 21.0. The molecule has 1 fully saturated rings. The molecule has 1 aliphatic rings. The average Bonchev–Trinajstić information content (AvgIpc) is 2.64. The first-order valence-corrected chi connectivity index (χ1v) is 7.98. The van der Waals surface area contributed by atoms with E-state index in [1.807, 2.05) is 0 Å². The van der Waals surface area contributed by atoms with Gasteiger partial charge in [0.25, 0.3) is 0 Å². The van der Waals surface area contributed by atoms with E-state index in [0.29, 0.717) is 25.3 Å². The lowest BCUT2D eigenvalue weighted by atomic mass is 10.1. The molecule has 1 unspecified atom stereocenters. The van der Waals surface area contributed by atoms with E-state index >= 15 is 0 Å². The van der Waals surface area contributed by atoms with Gasteiger partial charge in [0.2, 0.25) is 10.0 Å². The zero-order valence-electron chi connectivity index (χ0n) is 11.1. The topological polar surface area (TPSA) is 74.7 Å². The van der Waals surface area contributed by atoms with E-state index in [1.165, 1.54) is 0 Å². The molecular formula is C13H15F2NO4S. The molecule has 0 spiro atoms. The Labute approximate surface area is 121 Å². The lowest BCUT2D eigenvalue weighted by molar-refractivity contribution is -0.141. The van der Waals surface area contributed by atoms with E-state index in [0.717, 1.165) is 16.4 Å². The van der Waals surface area contributed by atoms with Crippen LogP contribution in [0.1, 0.15) is 25.7 Å². The Morgan fingerprint density at radius 1 is 1.24 bits per heavy atom. The van der Waals surface area contributed by atoms with Crippen molar-refractivity contribution in [2.75, 3.05) is 6.54 Å². The number of hydrogen-bond acceptors (Lipinski definition) is 3. The van der Waals surface area contributed by atoms with E-state index in [4.69, 9.17) is 0 Å². The van der Waals surface area contributed by atoms with Gasteiger partial charge in [0.15, 0.2) is 0 Å². The van der Waals surface area contributed by atoms with Crippen molar-refractivity contribution in [1.82, 2.24) is 4.31 Å². The second-order valence-corrected chi connectivity index (χ2v) is 6.75. The van der Waals surface area contributed by atoms with Crippen LogP contribution in [0.5, 0.6) is 0 Å². The number of carboxylic acid groups (broad SMARTS) is 1. The summed E-state index contributed by atoms with van der Waals surface area (Å²) in [6.45, 7) is 0.0100. The number of rotatable bonds is 3. The highest BCUT2D eigenvalue weighted by Crippen LogP contribution is 2.26. The fourth-order valence-corrected chi connectivity index (χ4v) is 4.13. The molecule has 1 aromatic rings. The highest BCUT2D eigenvalue weighted by molar-refractivity contribution is 7.89. The first-order valence-electron chi connectivity index (χ1n) is 6.54. The van der Waals surface area contributed by atoms with E-state index < -0.39 is 38.6 Å². The van der Waals surface area contributed by atoms with Crippen molar-refractivity contribution in [3.05, 3.63) is 29.8 Å². The molecule has 0 aliphatic carbocycles. The fourth-order valence-electron chi connectivity index (χ4n) is 2.43. The van der Waals surface area contributed by atoms with Gasteiger partial charge in [-0.3, -0.25) is 4.79 Å². The second kappa shape index (κ2) is 6.07. The maximum atomic E-state index is 13.7. The first kappa shape index (κ1) is 15.8. The van der Waals surface area contributed by atoms with Gasteiger partial charge in [-0.1, -0.05) is 12.8 Å². The Morgan fingerprint density at radius 2 is 1.95 bits per heavy atom. The number of carbonyl (C=O) groups is 1. The third-order valence-electron chi connectivity index (χ3n) is 3.47. The Morgan fingerprint density at radius 3 is 2.57 bits per heavy atom. The number of aliphatic carboxylic acids is 1. The average molecular weight is 319 g/mol. The molecule has 1 saturated heterocycles. The van der Waals surface area contributed by atoms with Crippen LogP contribution in [-0.4, -0.2) is 36.4 Å². The molecule has 0 bridgehead atoms. The maximum Gasteiger partial charge on any atom is 0.322 e. The summed E-state index contributed by atoms with van der Waals surface area (Å²) in [5.41, 5.74) is 0. The largest absolute Gasteiger partial charge is 0.480 e. The quantitative estimate of drug-likeness (QED) is 0.924. The smallest absolute Gasteiger partial charge is 0.322 e. The van der Waals surface area contributed by atoms with Crippen LogP contribution < -0.4 is 0 Å². The molecule has 0 amide bonds. The van der Waals surface area contributed by atoms with Crippen molar-refractivity contribution in [2.45, 2.75) is 36.6 Å². The van der Waals surface area contributed by atoms with Gasteiger partial charge in [0.05, 0.1) is 0 Å². The lowest BCUT2D eigenvalue weighted by Gasteiger charge is -2.26. The zero-order valence-corrected chi connectivity index (χ0v) is 11.9. The molecule has 116 valence electrons. The third-order valence-corrected chi connectivity index (χ3v) is 5.41. The molecule has 1 aromatic carbocycles. The standard InChI is InChI=1S/C13H15F2NO4S/c14-9-5-6-12(10(15)8-9)21(19,20)16-7-3-1-2-4-11(16)13(17)18/h5-6,8,11H,1-4,7H2,(H,17,18). The lowest BCUT2D eigenvalue weighted by Crippen LogP contribution is -2.44. The van der Waals surface area contributed by atoms with E-state index in [1.54, 1.807) is 0 Å². The maximum absolute atomic E-state index is 13.7. The number of benzene rings is 1. The monoisotopic (exact) mass is 319 g/mol. The van der Waals surface area contributed by atoms with Crippen LogP contribution in [0.15, 0.2) is 23.1 Å². The summed E-state index contributed by atoms with van der Waals surface area (Å²) in [6.07, 6.45) is 1.99. The van der Waals surface area contributed by atoms with Gasteiger partial charge in [0.1, 0.15) is 22.6 Å². The highest BCUT2D eigenvalue weighted by Gasteiger charge is 2.37. The number of hydrogen-bond donors (Lipinski definition) is 1. The van der Waals surface area contributed by atoms with Crippen molar-refractivity contribution in [3.8, 4) is 0 Å². The minimum Gasteiger partial charge on any atom is -0.480 e. The predicted octanol–water partition coefficient (Wildman–Crippen LogP) is 1.98. The fraction of sp³-hybridized carbons (Fsp3) is 0.462. The van der Waals surface area contributed by atoms with Gasteiger partial charge in [-0.2, -0.15) is 4.31 Å². The van der Waals surface area contributed by atoms with E-state index in [2.05, 4.69) is 0 Å².